The summed E-state index contributed by atoms with van der Waals surface area (Å²) in [4.78, 5) is 26.6. The molecule has 2 aromatic rings. The Labute approximate surface area is 214 Å². The van der Waals surface area contributed by atoms with Crippen molar-refractivity contribution in [2.75, 3.05) is 19.6 Å². The zero-order valence-electron chi connectivity index (χ0n) is 18.8. The van der Waals surface area contributed by atoms with Gasteiger partial charge in [0.15, 0.2) is 25.6 Å². The summed E-state index contributed by atoms with van der Waals surface area (Å²) in [5.41, 5.74) is 11.9. The highest BCUT2D eigenvalue weighted by Gasteiger charge is 2.19. The molecule has 0 heterocycles. The third kappa shape index (κ3) is 7.89. The van der Waals surface area contributed by atoms with Crippen LogP contribution in [0.4, 0.5) is 0 Å². The van der Waals surface area contributed by atoms with Crippen molar-refractivity contribution in [2.24, 2.45) is 16.5 Å². The molecule has 186 valence electrons. The number of ether oxygens (including phenoxy) is 1. The Kier molecular flexibility index (Phi) is 9.99. The number of carbonyl (C=O) groups is 2. The number of nitrogens with two attached hydrogens (primary N) is 2. The van der Waals surface area contributed by atoms with Gasteiger partial charge in [-0.1, -0.05) is 0 Å². The third-order valence-electron chi connectivity index (χ3n) is 4.22. The predicted octanol–water partition coefficient (Wildman–Crippen LogP) is 2.52. The fourth-order valence-electron chi connectivity index (χ4n) is 2.61. The molecular formula is C20H23Br2N3O7S2. The van der Waals surface area contributed by atoms with Crippen LogP contribution in [0.1, 0.15) is 31.8 Å². The Morgan fingerprint density at radius 1 is 0.824 bits per heavy atom. The molecule has 0 radical (unpaired) electrons. The van der Waals surface area contributed by atoms with E-state index in [1.807, 2.05) is 0 Å². The Balaban J connectivity index is 0.000000342. The normalized spacial score (nSPS) is 11.1. The van der Waals surface area contributed by atoms with E-state index in [1.165, 1.54) is 25.3 Å². The second-order valence-electron chi connectivity index (χ2n) is 7.07. The predicted molar refractivity (Wildman–Crippen MR) is 135 cm³/mol. The quantitative estimate of drug-likeness (QED) is 0.289. The molecule has 0 aromatic heterocycles. The number of sulfone groups is 2. The lowest BCUT2D eigenvalue weighted by Gasteiger charge is -2.08. The maximum atomic E-state index is 11.7. The smallest absolute Gasteiger partial charge is 0.338 e. The molecule has 14 heteroatoms. The number of hydrogen-bond acceptors (Lipinski definition) is 7. The van der Waals surface area contributed by atoms with Crippen molar-refractivity contribution < 1.29 is 31.2 Å². The third-order valence-corrected chi connectivity index (χ3v) is 8.33. The Morgan fingerprint density at radius 2 is 1.21 bits per heavy atom. The van der Waals surface area contributed by atoms with Gasteiger partial charge in [0.05, 0.1) is 22.5 Å². The largest absolute Gasteiger partial charge is 0.465 e. The minimum atomic E-state index is -3.44. The van der Waals surface area contributed by atoms with Gasteiger partial charge in [0.25, 0.3) is 5.91 Å². The van der Waals surface area contributed by atoms with Gasteiger partial charge >= 0.3 is 5.97 Å². The lowest BCUT2D eigenvalue weighted by Crippen LogP contribution is -2.24. The fourth-order valence-corrected chi connectivity index (χ4v) is 6.78. The highest BCUT2D eigenvalue weighted by atomic mass is 79.9. The monoisotopic (exact) mass is 639 g/mol. The van der Waals surface area contributed by atoms with Crippen molar-refractivity contribution in [3.8, 4) is 0 Å². The number of esters is 1. The van der Waals surface area contributed by atoms with E-state index in [2.05, 4.69) is 41.6 Å². The number of aryl methyl sites for hydroxylation is 2. The number of aliphatic imine (C=N–C) groups is 1. The van der Waals surface area contributed by atoms with Gasteiger partial charge in [-0.3, -0.25) is 4.79 Å². The van der Waals surface area contributed by atoms with Crippen LogP contribution >= 0.6 is 31.9 Å². The summed E-state index contributed by atoms with van der Waals surface area (Å²) in [6, 6.07) is 5.69. The van der Waals surface area contributed by atoms with Crippen molar-refractivity contribution in [3.63, 3.8) is 0 Å². The molecule has 2 rings (SSSR count). The SMILES string of the molecule is COC(=O)c1cc(S(C)(=O)=O)c(Br)cc1C.Cc1cc(Br)c(S(C)(=O)=O)cc1C(=O)N=C(N)N. The van der Waals surface area contributed by atoms with Crippen molar-refractivity contribution in [1.29, 1.82) is 0 Å². The topological polar surface area (TPSA) is 176 Å². The first kappa shape index (κ1) is 29.7. The molecule has 4 N–H and O–H groups in total. The van der Waals surface area contributed by atoms with E-state index in [0.29, 0.717) is 20.1 Å². The molecule has 1 amide bonds. The van der Waals surface area contributed by atoms with Crippen LogP contribution in [0.15, 0.2) is 48.0 Å². The van der Waals surface area contributed by atoms with Crippen molar-refractivity contribution in [3.05, 3.63) is 55.5 Å². The van der Waals surface area contributed by atoms with Gasteiger partial charge in [0.2, 0.25) is 0 Å². The molecule has 0 atom stereocenters. The number of amides is 1. The lowest BCUT2D eigenvalue weighted by molar-refractivity contribution is 0.0599. The van der Waals surface area contributed by atoms with Crippen molar-refractivity contribution in [2.45, 2.75) is 23.6 Å². The Hall–Kier alpha value is -2.29. The van der Waals surface area contributed by atoms with Gasteiger partial charge in [-0.25, -0.2) is 21.6 Å². The van der Waals surface area contributed by atoms with E-state index in [1.54, 1.807) is 19.9 Å². The number of carbonyl (C=O) groups excluding carboxylic acids is 2. The van der Waals surface area contributed by atoms with Gasteiger partial charge in [-0.05, 0) is 81.1 Å². The molecule has 0 saturated carbocycles. The van der Waals surface area contributed by atoms with Crippen LogP contribution in [0.3, 0.4) is 0 Å². The summed E-state index contributed by atoms with van der Waals surface area (Å²) in [7, 11) is -5.56. The molecule has 0 aliphatic carbocycles. The maximum Gasteiger partial charge on any atom is 0.338 e. The maximum absolute atomic E-state index is 11.7. The standard InChI is InChI=1S/C10H12BrN3O3S.C10H11BrO4S/c1-5-3-7(11)8(18(2,16)17)4-6(5)9(15)14-10(12)13;1-6-4-8(11)9(16(3,13)14)5-7(6)10(12)15-2/h3-4H,1-2H3,(H4,12,13,14,15);4-5H,1-3H3. The zero-order valence-corrected chi connectivity index (χ0v) is 23.6. The van der Waals surface area contributed by atoms with E-state index < -0.39 is 31.6 Å². The van der Waals surface area contributed by atoms with Gasteiger partial charge in [-0.2, -0.15) is 4.99 Å². The van der Waals surface area contributed by atoms with Gasteiger partial charge < -0.3 is 16.2 Å². The molecular weight excluding hydrogens is 618 g/mol. The van der Waals surface area contributed by atoms with E-state index >= 15 is 0 Å². The summed E-state index contributed by atoms with van der Waals surface area (Å²) in [5, 5.41) is 0. The summed E-state index contributed by atoms with van der Waals surface area (Å²) >= 11 is 6.30. The van der Waals surface area contributed by atoms with Crippen LogP contribution in [-0.4, -0.2) is 54.3 Å². The number of methoxy groups -OCH3 is 1. The molecule has 2 aromatic carbocycles. The summed E-state index contributed by atoms with van der Waals surface area (Å²) in [5.74, 6) is -1.59. The zero-order chi connectivity index (χ0) is 26.6. The highest BCUT2D eigenvalue weighted by molar-refractivity contribution is 9.10. The fraction of sp³-hybridized carbons (Fsp3) is 0.250. The summed E-state index contributed by atoms with van der Waals surface area (Å²) < 4.78 is 51.4. The van der Waals surface area contributed by atoms with E-state index in [4.69, 9.17) is 11.5 Å². The summed E-state index contributed by atoms with van der Waals surface area (Å²) in [6.45, 7) is 3.37. The summed E-state index contributed by atoms with van der Waals surface area (Å²) in [6.07, 6.45) is 2.14. The average Bonchev–Trinajstić information content (AvgIpc) is 2.65. The molecule has 0 saturated heterocycles. The first-order valence-corrected chi connectivity index (χ1v) is 14.5. The molecule has 10 nitrogen and oxygen atoms in total. The van der Waals surface area contributed by atoms with E-state index in [0.717, 1.165) is 12.5 Å². The Bertz CT molecular complexity index is 1380. The molecule has 0 aliphatic rings. The molecule has 0 bridgehead atoms. The first-order valence-electron chi connectivity index (χ1n) is 9.12. The Morgan fingerprint density at radius 3 is 1.56 bits per heavy atom. The van der Waals surface area contributed by atoms with Crippen molar-refractivity contribution in [1.82, 2.24) is 0 Å². The number of rotatable bonds is 4. The van der Waals surface area contributed by atoms with Crippen LogP contribution in [0.25, 0.3) is 0 Å². The number of nitrogens with zero attached hydrogens (tertiary/aromatic N) is 1. The van der Waals surface area contributed by atoms with Crippen LogP contribution in [0.5, 0.6) is 0 Å². The number of hydrogen-bond donors (Lipinski definition) is 2. The van der Waals surface area contributed by atoms with Crippen LogP contribution < -0.4 is 11.5 Å². The molecule has 34 heavy (non-hydrogen) atoms. The number of guanidine groups is 1. The molecule has 0 spiro atoms. The van der Waals surface area contributed by atoms with Crippen LogP contribution in [0, 0.1) is 13.8 Å². The second-order valence-corrected chi connectivity index (χ2v) is 12.7. The molecule has 0 fully saturated rings. The van der Waals surface area contributed by atoms with Crippen molar-refractivity contribution >= 4 is 69.4 Å². The lowest BCUT2D eigenvalue weighted by atomic mass is 10.1. The highest BCUT2D eigenvalue weighted by Crippen LogP contribution is 2.27. The van der Waals surface area contributed by atoms with E-state index in [-0.39, 0.29) is 26.9 Å². The first-order chi connectivity index (χ1) is 15.4. The molecule has 0 aliphatic heterocycles. The van der Waals surface area contributed by atoms with Gasteiger partial charge in [0, 0.05) is 27.0 Å². The minimum absolute atomic E-state index is 0.0160. The number of halogens is 2. The van der Waals surface area contributed by atoms with Gasteiger partial charge in [-0.15, -0.1) is 0 Å². The second kappa shape index (κ2) is 11.4. The minimum Gasteiger partial charge on any atom is -0.465 e. The van der Waals surface area contributed by atoms with Gasteiger partial charge in [0.1, 0.15) is 0 Å². The van der Waals surface area contributed by atoms with Crippen LogP contribution in [-0.2, 0) is 24.4 Å². The number of benzene rings is 2. The average molecular weight is 641 g/mol. The molecule has 0 unspecified atom stereocenters. The van der Waals surface area contributed by atoms with E-state index in [9.17, 15) is 26.4 Å². The van der Waals surface area contributed by atoms with Crippen LogP contribution in [0.2, 0.25) is 0 Å².